The van der Waals surface area contributed by atoms with Crippen molar-refractivity contribution in [2.75, 3.05) is 17.7 Å². The molecule has 19 heavy (non-hydrogen) atoms. The smallest absolute Gasteiger partial charge is 0.168 e. The SMILES string of the molecule is CNc1nc(NCc2ccccc2Cl)c(F)cc1F. The molecule has 0 aliphatic heterocycles. The molecule has 1 aromatic heterocycles. The fraction of sp³-hybridized carbons (Fsp3) is 0.154. The Morgan fingerprint density at radius 3 is 2.53 bits per heavy atom. The number of hydrogen-bond donors (Lipinski definition) is 2. The van der Waals surface area contributed by atoms with Crippen molar-refractivity contribution in [3.8, 4) is 0 Å². The molecule has 0 unspecified atom stereocenters. The first-order valence-corrected chi connectivity index (χ1v) is 6.00. The van der Waals surface area contributed by atoms with E-state index in [-0.39, 0.29) is 11.6 Å². The Balaban J connectivity index is 2.18. The van der Waals surface area contributed by atoms with Gasteiger partial charge in [-0.25, -0.2) is 13.8 Å². The lowest BCUT2D eigenvalue weighted by Gasteiger charge is -2.10. The molecule has 0 bridgehead atoms. The zero-order valence-electron chi connectivity index (χ0n) is 10.2. The van der Waals surface area contributed by atoms with Crippen molar-refractivity contribution in [3.05, 3.63) is 52.6 Å². The van der Waals surface area contributed by atoms with Crippen molar-refractivity contribution >= 4 is 23.2 Å². The minimum Gasteiger partial charge on any atom is -0.371 e. The number of aromatic nitrogens is 1. The number of rotatable bonds is 4. The summed E-state index contributed by atoms with van der Waals surface area (Å²) in [5, 5.41) is 5.92. The van der Waals surface area contributed by atoms with E-state index in [1.165, 1.54) is 7.05 Å². The van der Waals surface area contributed by atoms with Gasteiger partial charge < -0.3 is 10.6 Å². The highest BCUT2D eigenvalue weighted by Gasteiger charge is 2.11. The Morgan fingerprint density at radius 1 is 1.16 bits per heavy atom. The average Bonchev–Trinajstić information content (AvgIpc) is 2.39. The Hall–Kier alpha value is -1.88. The molecule has 1 aromatic carbocycles. The number of hydrogen-bond acceptors (Lipinski definition) is 3. The summed E-state index contributed by atoms with van der Waals surface area (Å²) in [5.41, 5.74) is 0.806. The van der Waals surface area contributed by atoms with Crippen LogP contribution in [0.2, 0.25) is 5.02 Å². The standard InChI is InChI=1S/C13H12ClF2N3/c1-17-12-10(15)6-11(16)13(19-12)18-7-8-4-2-3-5-9(8)14/h2-6H,7H2,1H3,(H2,17,18,19). The highest BCUT2D eigenvalue weighted by atomic mass is 35.5. The number of nitrogens with one attached hydrogen (secondary N) is 2. The van der Waals surface area contributed by atoms with Crippen LogP contribution in [-0.2, 0) is 6.54 Å². The predicted octanol–water partition coefficient (Wildman–Crippen LogP) is 3.67. The van der Waals surface area contributed by atoms with Crippen LogP contribution in [0.5, 0.6) is 0 Å². The molecule has 0 radical (unpaired) electrons. The highest BCUT2D eigenvalue weighted by molar-refractivity contribution is 6.31. The van der Waals surface area contributed by atoms with Crippen molar-refractivity contribution in [2.24, 2.45) is 0 Å². The van der Waals surface area contributed by atoms with Crippen molar-refractivity contribution in [1.82, 2.24) is 4.98 Å². The third kappa shape index (κ3) is 3.12. The highest BCUT2D eigenvalue weighted by Crippen LogP contribution is 2.21. The summed E-state index contributed by atoms with van der Waals surface area (Å²) in [4.78, 5) is 3.82. The second kappa shape index (κ2) is 5.84. The molecular formula is C13H12ClF2N3. The maximum absolute atomic E-state index is 13.5. The van der Waals surface area contributed by atoms with E-state index < -0.39 is 11.6 Å². The van der Waals surface area contributed by atoms with Crippen LogP contribution >= 0.6 is 11.6 Å². The van der Waals surface area contributed by atoms with Crippen LogP contribution in [0.4, 0.5) is 20.4 Å². The molecule has 0 fully saturated rings. The maximum Gasteiger partial charge on any atom is 0.168 e. The summed E-state index contributed by atoms with van der Waals surface area (Å²) < 4.78 is 26.8. The average molecular weight is 284 g/mol. The van der Waals surface area contributed by atoms with Gasteiger partial charge in [0.1, 0.15) is 0 Å². The van der Waals surface area contributed by atoms with E-state index in [9.17, 15) is 8.78 Å². The van der Waals surface area contributed by atoms with Crippen LogP contribution in [0.3, 0.4) is 0 Å². The van der Waals surface area contributed by atoms with Crippen LogP contribution in [0.25, 0.3) is 0 Å². The molecule has 3 nitrogen and oxygen atoms in total. The molecule has 0 spiro atoms. The molecule has 0 aliphatic carbocycles. The number of nitrogens with zero attached hydrogens (tertiary/aromatic N) is 1. The van der Waals surface area contributed by atoms with Crippen molar-refractivity contribution in [3.63, 3.8) is 0 Å². The Labute approximate surface area is 114 Å². The number of pyridine rings is 1. The molecule has 2 aromatic rings. The van der Waals surface area contributed by atoms with Crippen LogP contribution in [0.15, 0.2) is 30.3 Å². The molecule has 0 saturated carbocycles. The monoisotopic (exact) mass is 283 g/mol. The Morgan fingerprint density at radius 2 is 1.84 bits per heavy atom. The molecule has 2 N–H and O–H groups in total. The van der Waals surface area contributed by atoms with Gasteiger partial charge in [0.2, 0.25) is 0 Å². The van der Waals surface area contributed by atoms with Crippen molar-refractivity contribution < 1.29 is 8.78 Å². The van der Waals surface area contributed by atoms with E-state index in [4.69, 9.17) is 11.6 Å². The maximum atomic E-state index is 13.5. The van der Waals surface area contributed by atoms with Gasteiger partial charge in [-0.3, -0.25) is 0 Å². The summed E-state index contributed by atoms with van der Waals surface area (Å²) >= 11 is 5.99. The van der Waals surface area contributed by atoms with Crippen LogP contribution in [0, 0.1) is 11.6 Å². The zero-order valence-corrected chi connectivity index (χ0v) is 10.9. The third-order valence-corrected chi connectivity index (χ3v) is 2.94. The lowest BCUT2D eigenvalue weighted by molar-refractivity contribution is 0.578. The summed E-state index contributed by atoms with van der Waals surface area (Å²) in [5.74, 6) is -1.51. The van der Waals surface area contributed by atoms with Gasteiger partial charge in [-0.05, 0) is 11.6 Å². The fourth-order valence-electron chi connectivity index (χ4n) is 1.59. The van der Waals surface area contributed by atoms with Crippen molar-refractivity contribution in [2.45, 2.75) is 6.54 Å². The fourth-order valence-corrected chi connectivity index (χ4v) is 1.79. The molecule has 1 heterocycles. The lowest BCUT2D eigenvalue weighted by atomic mass is 10.2. The van der Waals surface area contributed by atoms with Crippen molar-refractivity contribution in [1.29, 1.82) is 0 Å². The Kier molecular flexibility index (Phi) is 4.16. The molecule has 100 valence electrons. The normalized spacial score (nSPS) is 10.3. The number of halogens is 3. The zero-order chi connectivity index (χ0) is 13.8. The van der Waals surface area contributed by atoms with Gasteiger partial charge in [-0.2, -0.15) is 0 Å². The first kappa shape index (κ1) is 13.5. The topological polar surface area (TPSA) is 37.0 Å². The van der Waals surface area contributed by atoms with Crippen LogP contribution in [0.1, 0.15) is 5.56 Å². The summed E-state index contributed by atoms with van der Waals surface area (Å²) in [6, 6.07) is 7.98. The largest absolute Gasteiger partial charge is 0.371 e. The molecule has 0 saturated heterocycles. The van der Waals surface area contributed by atoms with Gasteiger partial charge in [0, 0.05) is 24.7 Å². The number of anilines is 2. The van der Waals surface area contributed by atoms with E-state index in [1.807, 2.05) is 18.2 Å². The van der Waals surface area contributed by atoms with Gasteiger partial charge in [0.25, 0.3) is 0 Å². The van der Waals surface area contributed by atoms with Gasteiger partial charge in [-0.15, -0.1) is 0 Å². The predicted molar refractivity (Wildman–Crippen MR) is 72.5 cm³/mol. The summed E-state index contributed by atoms with van der Waals surface area (Å²) in [7, 11) is 1.52. The van der Waals surface area contributed by atoms with Gasteiger partial charge in [0.05, 0.1) is 0 Å². The van der Waals surface area contributed by atoms with Gasteiger partial charge in [0.15, 0.2) is 23.3 Å². The van der Waals surface area contributed by atoms with Gasteiger partial charge in [-0.1, -0.05) is 29.8 Å². The quantitative estimate of drug-likeness (QED) is 0.899. The molecule has 2 rings (SSSR count). The summed E-state index contributed by atoms with van der Waals surface area (Å²) in [6.07, 6.45) is 0. The first-order chi connectivity index (χ1) is 9.11. The lowest BCUT2D eigenvalue weighted by Crippen LogP contribution is -2.07. The minimum atomic E-state index is -0.747. The van der Waals surface area contributed by atoms with Gasteiger partial charge >= 0.3 is 0 Å². The molecule has 0 atom stereocenters. The molecular weight excluding hydrogens is 272 g/mol. The molecule has 6 heteroatoms. The van der Waals surface area contributed by atoms with Crippen LogP contribution in [-0.4, -0.2) is 12.0 Å². The summed E-state index contributed by atoms with van der Waals surface area (Å²) in [6.45, 7) is 0.304. The minimum absolute atomic E-state index is 0.0111. The van der Waals surface area contributed by atoms with E-state index >= 15 is 0 Å². The van der Waals surface area contributed by atoms with E-state index in [0.29, 0.717) is 11.6 Å². The molecule has 0 amide bonds. The second-order valence-electron chi connectivity index (χ2n) is 3.84. The molecule has 0 aliphatic rings. The van der Waals surface area contributed by atoms with E-state index in [0.717, 1.165) is 11.6 Å². The first-order valence-electron chi connectivity index (χ1n) is 5.63. The van der Waals surface area contributed by atoms with Crippen LogP contribution < -0.4 is 10.6 Å². The number of benzene rings is 1. The van der Waals surface area contributed by atoms with E-state index in [2.05, 4.69) is 15.6 Å². The van der Waals surface area contributed by atoms with E-state index in [1.54, 1.807) is 6.07 Å². The second-order valence-corrected chi connectivity index (χ2v) is 4.25. The Bertz CT molecular complexity index is 590. The third-order valence-electron chi connectivity index (χ3n) is 2.57.